The summed E-state index contributed by atoms with van der Waals surface area (Å²) in [5, 5.41) is 27.5. The molecule has 1 unspecified atom stereocenters. The van der Waals surface area contributed by atoms with E-state index in [1.165, 1.54) is 12.1 Å². The molecular formula is C27H29N3O7. The fraction of sp³-hybridized carbons (Fsp3) is 0.259. The van der Waals surface area contributed by atoms with Crippen molar-refractivity contribution in [2.45, 2.75) is 25.3 Å². The topological polar surface area (TPSA) is 154 Å². The maximum atomic E-state index is 13.2. The van der Waals surface area contributed by atoms with Gasteiger partial charge in [-0.3, -0.25) is 19.2 Å². The molecule has 3 amide bonds. The highest BCUT2D eigenvalue weighted by atomic mass is 16.5. The van der Waals surface area contributed by atoms with E-state index in [4.69, 9.17) is 9.84 Å². The van der Waals surface area contributed by atoms with Gasteiger partial charge in [-0.15, -0.1) is 0 Å². The summed E-state index contributed by atoms with van der Waals surface area (Å²) in [4.78, 5) is 48.5. The van der Waals surface area contributed by atoms with Crippen LogP contribution in [0, 0.1) is 0 Å². The van der Waals surface area contributed by atoms with Gasteiger partial charge in [0.2, 0.25) is 17.7 Å². The van der Waals surface area contributed by atoms with Crippen molar-refractivity contribution in [2.24, 2.45) is 0 Å². The van der Waals surface area contributed by atoms with Gasteiger partial charge >= 0.3 is 5.97 Å². The van der Waals surface area contributed by atoms with Gasteiger partial charge in [-0.2, -0.15) is 0 Å². The molecule has 3 rings (SSSR count). The van der Waals surface area contributed by atoms with Crippen LogP contribution in [-0.2, 0) is 25.6 Å². The highest BCUT2D eigenvalue weighted by Gasteiger charge is 2.25. The summed E-state index contributed by atoms with van der Waals surface area (Å²) in [5.74, 6) is -2.67. The fourth-order valence-corrected chi connectivity index (χ4v) is 3.69. The van der Waals surface area contributed by atoms with E-state index in [1.54, 1.807) is 26.2 Å². The van der Waals surface area contributed by atoms with Gasteiger partial charge in [0.15, 0.2) is 0 Å². The molecule has 0 radical (unpaired) electrons. The van der Waals surface area contributed by atoms with E-state index in [9.17, 15) is 24.3 Å². The number of carboxylic acids is 1. The molecule has 0 saturated carbocycles. The highest BCUT2D eigenvalue weighted by Crippen LogP contribution is 2.25. The largest absolute Gasteiger partial charge is 0.508 e. The molecule has 3 aromatic carbocycles. The second kappa shape index (κ2) is 12.4. The van der Waals surface area contributed by atoms with Crippen LogP contribution in [0.3, 0.4) is 0 Å². The van der Waals surface area contributed by atoms with Crippen molar-refractivity contribution in [1.29, 1.82) is 0 Å². The van der Waals surface area contributed by atoms with Gasteiger partial charge in [0.25, 0.3) is 0 Å². The van der Waals surface area contributed by atoms with E-state index in [0.717, 1.165) is 22.1 Å². The molecule has 3 aromatic rings. The van der Waals surface area contributed by atoms with E-state index in [1.807, 2.05) is 36.4 Å². The van der Waals surface area contributed by atoms with E-state index < -0.39 is 42.8 Å². The van der Waals surface area contributed by atoms with Crippen molar-refractivity contribution in [3.05, 3.63) is 71.8 Å². The second-order valence-electron chi connectivity index (χ2n) is 8.51. The highest BCUT2D eigenvalue weighted by molar-refractivity contribution is 5.93. The molecule has 0 aliphatic carbocycles. The number of phenols is 1. The average Bonchev–Trinajstić information content (AvgIpc) is 2.90. The number of aromatic hydroxyl groups is 1. The first-order valence-corrected chi connectivity index (χ1v) is 11.6. The summed E-state index contributed by atoms with van der Waals surface area (Å²) in [5.41, 5.74) is 1.44. The maximum absolute atomic E-state index is 13.2. The minimum absolute atomic E-state index is 0.0615. The number of carbonyl (C=O) groups excluding carboxylic acids is 3. The Morgan fingerprint density at radius 3 is 2.22 bits per heavy atom. The van der Waals surface area contributed by atoms with Crippen LogP contribution >= 0.6 is 0 Å². The van der Waals surface area contributed by atoms with Crippen molar-refractivity contribution in [2.75, 3.05) is 20.2 Å². The minimum Gasteiger partial charge on any atom is -0.508 e. The van der Waals surface area contributed by atoms with Gasteiger partial charge in [0.05, 0.1) is 19.6 Å². The summed E-state index contributed by atoms with van der Waals surface area (Å²) < 4.78 is 5.25. The first-order valence-electron chi connectivity index (χ1n) is 11.6. The van der Waals surface area contributed by atoms with Crippen molar-refractivity contribution in [3.63, 3.8) is 0 Å². The lowest BCUT2D eigenvalue weighted by Gasteiger charge is -2.21. The molecule has 0 spiro atoms. The lowest BCUT2D eigenvalue weighted by atomic mass is 9.96. The van der Waals surface area contributed by atoms with Crippen molar-refractivity contribution < 1.29 is 34.1 Å². The Kier molecular flexibility index (Phi) is 9.04. The van der Waals surface area contributed by atoms with Crippen molar-refractivity contribution >= 4 is 34.5 Å². The first kappa shape index (κ1) is 27.0. The quantitative estimate of drug-likeness (QED) is 0.265. The van der Waals surface area contributed by atoms with Crippen LogP contribution in [-0.4, -0.2) is 60.1 Å². The van der Waals surface area contributed by atoms with Crippen LogP contribution in [0.15, 0.2) is 60.7 Å². The van der Waals surface area contributed by atoms with Crippen molar-refractivity contribution in [3.8, 4) is 11.5 Å². The Labute approximate surface area is 213 Å². The summed E-state index contributed by atoms with van der Waals surface area (Å²) in [6.45, 7) is 0.713. The van der Waals surface area contributed by atoms with Crippen molar-refractivity contribution in [1.82, 2.24) is 16.0 Å². The van der Waals surface area contributed by atoms with E-state index in [2.05, 4.69) is 16.0 Å². The number of rotatable bonds is 11. The molecule has 0 heterocycles. The number of fused-ring (bicyclic) bond motifs is 1. The molecule has 0 saturated heterocycles. The van der Waals surface area contributed by atoms with Gasteiger partial charge in [-0.1, -0.05) is 36.4 Å². The molecule has 194 valence electrons. The number of nitrogens with one attached hydrogen (secondary N) is 3. The number of hydrogen-bond acceptors (Lipinski definition) is 6. The number of hydrogen-bond donors (Lipinski definition) is 5. The summed E-state index contributed by atoms with van der Waals surface area (Å²) in [6, 6.07) is 16.5. The first-order chi connectivity index (χ1) is 17.7. The number of carboxylic acid groups (broad SMARTS) is 1. The Bertz CT molecular complexity index is 1290. The number of amides is 3. The molecule has 0 aliphatic rings. The zero-order valence-electron chi connectivity index (χ0n) is 20.5. The number of methoxy groups -OCH3 is 1. The molecule has 10 nitrogen and oxygen atoms in total. The van der Waals surface area contributed by atoms with Gasteiger partial charge in [-0.25, -0.2) is 0 Å². The molecule has 2 atom stereocenters. The SMILES string of the molecule is COc1ccc2cc(C(C)C(=O)N[C@@H](Cc3ccc(O)cc3)C(=O)NCC(=O)NCC(=O)O)ccc2c1. The third kappa shape index (κ3) is 7.69. The molecule has 0 fully saturated rings. The summed E-state index contributed by atoms with van der Waals surface area (Å²) >= 11 is 0. The maximum Gasteiger partial charge on any atom is 0.322 e. The standard InChI is InChI=1S/C27H29N3O7/c1-16(18-5-6-20-13-22(37-2)10-7-19(20)12-18)26(35)30-23(11-17-3-8-21(31)9-4-17)27(36)29-14-24(32)28-15-25(33)34/h3-10,12-13,16,23,31H,11,14-15H2,1-2H3,(H,28,32)(H,29,36)(H,30,35)(H,33,34)/t16?,23-/m0/s1. The molecule has 0 aliphatic heterocycles. The monoisotopic (exact) mass is 507 g/mol. The molecular weight excluding hydrogens is 478 g/mol. The number of carbonyl (C=O) groups is 4. The normalized spacial score (nSPS) is 12.3. The smallest absolute Gasteiger partial charge is 0.322 e. The number of phenolic OH excluding ortho intramolecular Hbond substituents is 1. The second-order valence-corrected chi connectivity index (χ2v) is 8.51. The van der Waals surface area contributed by atoms with Crippen LogP contribution in [0.1, 0.15) is 24.0 Å². The van der Waals surface area contributed by atoms with Gasteiger partial charge in [-0.05, 0) is 53.1 Å². The van der Waals surface area contributed by atoms with E-state index >= 15 is 0 Å². The van der Waals surface area contributed by atoms with Gasteiger partial charge in [0, 0.05) is 6.42 Å². The lowest BCUT2D eigenvalue weighted by molar-refractivity contribution is -0.138. The Balaban J connectivity index is 1.73. The zero-order valence-corrected chi connectivity index (χ0v) is 20.5. The number of aliphatic carboxylic acids is 1. The number of ether oxygens (including phenoxy) is 1. The predicted molar refractivity (Wildman–Crippen MR) is 136 cm³/mol. The predicted octanol–water partition coefficient (Wildman–Crippen LogP) is 1.70. The van der Waals surface area contributed by atoms with E-state index in [-0.39, 0.29) is 18.1 Å². The van der Waals surface area contributed by atoms with Crippen LogP contribution in [0.4, 0.5) is 0 Å². The Morgan fingerprint density at radius 2 is 1.54 bits per heavy atom. The van der Waals surface area contributed by atoms with Crippen LogP contribution in [0.5, 0.6) is 11.5 Å². The minimum atomic E-state index is -1.21. The van der Waals surface area contributed by atoms with Crippen LogP contribution < -0.4 is 20.7 Å². The van der Waals surface area contributed by atoms with Gasteiger partial charge < -0.3 is 30.9 Å². The molecule has 10 heteroatoms. The lowest BCUT2D eigenvalue weighted by Crippen LogP contribution is -2.51. The third-order valence-electron chi connectivity index (χ3n) is 5.83. The summed E-state index contributed by atoms with van der Waals surface area (Å²) in [7, 11) is 1.59. The van der Waals surface area contributed by atoms with E-state index in [0.29, 0.717) is 5.56 Å². The Morgan fingerprint density at radius 1 is 0.865 bits per heavy atom. The third-order valence-corrected chi connectivity index (χ3v) is 5.83. The number of benzene rings is 3. The fourth-order valence-electron chi connectivity index (χ4n) is 3.69. The molecule has 0 bridgehead atoms. The van der Waals surface area contributed by atoms with Crippen LogP contribution in [0.2, 0.25) is 0 Å². The zero-order chi connectivity index (χ0) is 26.9. The molecule has 37 heavy (non-hydrogen) atoms. The Hall–Kier alpha value is -4.60. The molecule has 5 N–H and O–H groups in total. The van der Waals surface area contributed by atoms with Crippen LogP contribution in [0.25, 0.3) is 10.8 Å². The summed E-state index contributed by atoms with van der Waals surface area (Å²) in [6.07, 6.45) is 0.110. The van der Waals surface area contributed by atoms with Gasteiger partial charge in [0.1, 0.15) is 24.1 Å². The average molecular weight is 508 g/mol. The molecule has 0 aromatic heterocycles.